The van der Waals surface area contributed by atoms with Crippen molar-refractivity contribution in [2.45, 2.75) is 270 Å². The predicted molar refractivity (Wildman–Crippen MR) is 232 cm³/mol. The van der Waals surface area contributed by atoms with Crippen LogP contribution in [-0.2, 0) is 14.9 Å². The smallest absolute Gasteiger partial charge is 0.267 e. The molecular weight excluding hydrogens is 695 g/mol. The van der Waals surface area contributed by atoms with Crippen LogP contribution in [0.25, 0.3) is 0 Å². The minimum Gasteiger partial charge on any atom is -0.387 e. The highest BCUT2D eigenvalue weighted by Gasteiger charge is 2.27. The fourth-order valence-corrected chi connectivity index (χ4v) is 8.19. The molecule has 0 aliphatic heterocycles. The monoisotopic (exact) mass is 786 g/mol. The number of unbranched alkanes of at least 4 members (excludes halogenated alkanes) is 34. The van der Waals surface area contributed by atoms with Crippen molar-refractivity contribution in [1.82, 2.24) is 5.32 Å². The highest BCUT2D eigenvalue weighted by Crippen LogP contribution is 2.17. The Kier molecular flexibility index (Phi) is 39.5. The molecule has 3 unspecified atom stereocenters. The summed E-state index contributed by atoms with van der Waals surface area (Å²) in [5.74, 6) is -1.52. The standard InChI is InChI=1S/C46H91NO6S/c1-3-5-7-9-11-13-15-17-19-21-23-25-27-29-31-33-35-37-39-41-45(49)46(50)47-43(42-54(51,52)53)44(48)40-38-36-34-32-30-28-26-24-22-20-18-16-14-12-10-8-6-4-2/h38,40,43-45,48-49H,3-37,39,41-42H2,1-2H3,(H,47,50)(H,51,52,53)/b40-38+. The second kappa shape index (κ2) is 40.2. The maximum Gasteiger partial charge on any atom is 0.267 e. The lowest BCUT2D eigenvalue weighted by Crippen LogP contribution is -2.50. The second-order valence-corrected chi connectivity index (χ2v) is 18.0. The molecule has 0 rings (SSSR count). The molecule has 0 saturated heterocycles. The Morgan fingerprint density at radius 2 is 0.796 bits per heavy atom. The molecule has 0 aromatic rings. The van der Waals surface area contributed by atoms with Gasteiger partial charge in [-0.05, 0) is 19.3 Å². The number of hydrogen-bond acceptors (Lipinski definition) is 5. The number of rotatable bonds is 43. The Hall–Kier alpha value is -0.960. The first-order valence-electron chi connectivity index (χ1n) is 23.5. The van der Waals surface area contributed by atoms with Gasteiger partial charge in [-0.15, -0.1) is 0 Å². The quantitative estimate of drug-likeness (QED) is 0.0277. The van der Waals surface area contributed by atoms with Gasteiger partial charge in [0.25, 0.3) is 10.1 Å². The van der Waals surface area contributed by atoms with E-state index >= 15 is 0 Å². The number of carbonyl (C=O) groups excluding carboxylic acids is 1. The van der Waals surface area contributed by atoms with E-state index in [1.54, 1.807) is 0 Å². The molecule has 322 valence electrons. The van der Waals surface area contributed by atoms with Gasteiger partial charge >= 0.3 is 0 Å². The number of nitrogens with one attached hydrogen (secondary N) is 1. The summed E-state index contributed by atoms with van der Waals surface area (Å²) in [7, 11) is -4.44. The van der Waals surface area contributed by atoms with E-state index in [9.17, 15) is 28.0 Å². The number of aliphatic hydroxyl groups is 2. The van der Waals surface area contributed by atoms with E-state index in [4.69, 9.17) is 0 Å². The number of amides is 1. The van der Waals surface area contributed by atoms with Crippen molar-refractivity contribution in [1.29, 1.82) is 0 Å². The van der Waals surface area contributed by atoms with E-state index in [0.29, 0.717) is 6.42 Å². The number of carbonyl (C=O) groups is 1. The number of aliphatic hydroxyl groups excluding tert-OH is 2. The van der Waals surface area contributed by atoms with E-state index < -0.39 is 40.0 Å². The number of allylic oxidation sites excluding steroid dienone is 1. The van der Waals surface area contributed by atoms with Crippen LogP contribution in [-0.4, -0.2) is 53.1 Å². The van der Waals surface area contributed by atoms with Crippen LogP contribution in [0.5, 0.6) is 0 Å². The van der Waals surface area contributed by atoms with Gasteiger partial charge in [0.05, 0.1) is 17.9 Å². The molecule has 54 heavy (non-hydrogen) atoms. The highest BCUT2D eigenvalue weighted by molar-refractivity contribution is 7.85. The fourth-order valence-electron chi connectivity index (χ4n) is 7.46. The Balaban J connectivity index is 3.92. The molecule has 1 amide bonds. The normalized spacial score (nSPS) is 13.8. The average Bonchev–Trinajstić information content (AvgIpc) is 3.14. The third-order valence-electron chi connectivity index (χ3n) is 11.1. The summed E-state index contributed by atoms with van der Waals surface area (Å²) in [6.45, 7) is 4.54. The highest BCUT2D eigenvalue weighted by atomic mass is 32.2. The molecule has 0 fully saturated rings. The molecule has 0 spiro atoms. The van der Waals surface area contributed by atoms with Crippen LogP contribution in [0.2, 0.25) is 0 Å². The SMILES string of the molecule is CCCCCCCCCCCCCCCCCC/C=C/C(O)C(CS(=O)(=O)O)NC(=O)C(O)CCCCCCCCCCCCCCCCCCCCC. The molecule has 0 aromatic carbocycles. The summed E-state index contributed by atoms with van der Waals surface area (Å²) in [5.41, 5.74) is 0. The zero-order valence-electron chi connectivity index (χ0n) is 35.7. The molecule has 0 aromatic heterocycles. The van der Waals surface area contributed by atoms with E-state index in [-0.39, 0.29) is 6.42 Å². The maximum absolute atomic E-state index is 12.6. The van der Waals surface area contributed by atoms with Crippen molar-refractivity contribution in [2.24, 2.45) is 0 Å². The van der Waals surface area contributed by atoms with Crippen LogP contribution < -0.4 is 5.32 Å². The van der Waals surface area contributed by atoms with Crippen LogP contribution in [0.4, 0.5) is 0 Å². The molecule has 3 atom stereocenters. The lowest BCUT2D eigenvalue weighted by atomic mass is 10.0. The van der Waals surface area contributed by atoms with E-state index in [0.717, 1.165) is 38.5 Å². The van der Waals surface area contributed by atoms with E-state index in [1.165, 1.54) is 192 Å². The van der Waals surface area contributed by atoms with E-state index in [1.807, 2.05) is 6.08 Å². The zero-order chi connectivity index (χ0) is 39.8. The summed E-state index contributed by atoms with van der Waals surface area (Å²) >= 11 is 0. The molecule has 0 aliphatic rings. The van der Waals surface area contributed by atoms with Crippen LogP contribution >= 0.6 is 0 Å². The summed E-state index contributed by atoms with van der Waals surface area (Å²) in [4.78, 5) is 12.6. The van der Waals surface area contributed by atoms with Crippen LogP contribution in [0.15, 0.2) is 12.2 Å². The Morgan fingerprint density at radius 3 is 1.11 bits per heavy atom. The van der Waals surface area contributed by atoms with Crippen LogP contribution in [0.3, 0.4) is 0 Å². The van der Waals surface area contributed by atoms with Crippen molar-refractivity contribution in [3.63, 3.8) is 0 Å². The summed E-state index contributed by atoms with van der Waals surface area (Å²) < 4.78 is 32.6. The predicted octanol–water partition coefficient (Wildman–Crippen LogP) is 13.1. The van der Waals surface area contributed by atoms with Crippen molar-refractivity contribution >= 4 is 16.0 Å². The first-order valence-corrected chi connectivity index (χ1v) is 25.1. The van der Waals surface area contributed by atoms with E-state index in [2.05, 4.69) is 19.2 Å². The summed E-state index contributed by atoms with van der Waals surface area (Å²) in [5, 5.41) is 23.5. The fraction of sp³-hybridized carbons (Fsp3) is 0.935. The molecule has 7 nitrogen and oxygen atoms in total. The second-order valence-electron chi connectivity index (χ2n) is 16.5. The largest absolute Gasteiger partial charge is 0.387 e. The van der Waals surface area contributed by atoms with Crippen molar-refractivity contribution in [3.05, 3.63) is 12.2 Å². The molecule has 0 saturated carbocycles. The third kappa shape index (κ3) is 39.3. The van der Waals surface area contributed by atoms with Gasteiger partial charge in [0.15, 0.2) is 0 Å². The van der Waals surface area contributed by atoms with Gasteiger partial charge in [-0.3, -0.25) is 9.35 Å². The average molecular weight is 786 g/mol. The van der Waals surface area contributed by atoms with Gasteiger partial charge in [0, 0.05) is 0 Å². The molecular formula is C46H91NO6S. The number of hydrogen-bond donors (Lipinski definition) is 4. The summed E-state index contributed by atoms with van der Waals surface area (Å²) in [6, 6.07) is -1.23. The Morgan fingerprint density at radius 1 is 0.500 bits per heavy atom. The van der Waals surface area contributed by atoms with Crippen molar-refractivity contribution in [2.75, 3.05) is 5.75 Å². The molecule has 0 heterocycles. The summed E-state index contributed by atoms with van der Waals surface area (Å²) in [6.07, 6.45) is 47.0. The first kappa shape index (κ1) is 53.0. The third-order valence-corrected chi connectivity index (χ3v) is 11.9. The zero-order valence-corrected chi connectivity index (χ0v) is 36.5. The van der Waals surface area contributed by atoms with Gasteiger partial charge in [-0.25, -0.2) is 0 Å². The first-order chi connectivity index (χ1) is 26.2. The van der Waals surface area contributed by atoms with Gasteiger partial charge < -0.3 is 15.5 Å². The minimum atomic E-state index is -4.44. The van der Waals surface area contributed by atoms with Gasteiger partial charge in [0.1, 0.15) is 6.10 Å². The molecule has 0 aliphatic carbocycles. The Bertz CT molecular complexity index is 926. The lowest BCUT2D eigenvalue weighted by Gasteiger charge is -2.22. The topological polar surface area (TPSA) is 124 Å². The lowest BCUT2D eigenvalue weighted by molar-refractivity contribution is -0.130. The molecule has 8 heteroatoms. The van der Waals surface area contributed by atoms with Gasteiger partial charge in [-0.1, -0.05) is 244 Å². The maximum atomic E-state index is 12.6. The Labute approximate surface area is 335 Å². The van der Waals surface area contributed by atoms with Crippen molar-refractivity contribution in [3.8, 4) is 0 Å². The molecule has 0 radical (unpaired) electrons. The molecule has 4 N–H and O–H groups in total. The van der Waals surface area contributed by atoms with Crippen molar-refractivity contribution < 1.29 is 28.0 Å². The van der Waals surface area contributed by atoms with Gasteiger partial charge in [0.2, 0.25) is 5.91 Å². The molecule has 0 bridgehead atoms. The van der Waals surface area contributed by atoms with Crippen LogP contribution in [0.1, 0.15) is 251 Å². The van der Waals surface area contributed by atoms with Crippen LogP contribution in [0, 0.1) is 0 Å². The van der Waals surface area contributed by atoms with Gasteiger partial charge in [-0.2, -0.15) is 8.42 Å². The minimum absolute atomic E-state index is 0.286.